The predicted octanol–water partition coefficient (Wildman–Crippen LogP) is 3.40. The number of nitrogens with one attached hydrogen (secondary N) is 1. The maximum absolute atomic E-state index is 6.26. The quantitative estimate of drug-likeness (QED) is 0.674. The molecule has 104 valence electrons. The van der Waals surface area contributed by atoms with Gasteiger partial charge in [-0.05, 0) is 23.8 Å². The number of benzene rings is 2. The van der Waals surface area contributed by atoms with Crippen molar-refractivity contribution in [3.8, 4) is 5.75 Å². The van der Waals surface area contributed by atoms with Crippen LogP contribution in [0.3, 0.4) is 0 Å². The van der Waals surface area contributed by atoms with Crippen LogP contribution in [0.25, 0.3) is 0 Å². The molecule has 2 aromatic rings. The van der Waals surface area contributed by atoms with Crippen LogP contribution in [0.15, 0.2) is 53.4 Å². The van der Waals surface area contributed by atoms with Crippen LogP contribution >= 0.6 is 23.4 Å². The molecule has 0 amide bonds. The number of hydrazine groups is 1. The summed E-state index contributed by atoms with van der Waals surface area (Å²) in [6.45, 7) is 0. The lowest BCUT2D eigenvalue weighted by molar-refractivity contribution is 0.167. The van der Waals surface area contributed by atoms with Crippen molar-refractivity contribution < 1.29 is 4.74 Å². The van der Waals surface area contributed by atoms with Gasteiger partial charge in [0.25, 0.3) is 0 Å². The minimum absolute atomic E-state index is 0.0557. The van der Waals surface area contributed by atoms with Crippen molar-refractivity contribution in [3.05, 3.63) is 59.1 Å². The second-order valence-corrected chi connectivity index (χ2v) is 6.05. The summed E-state index contributed by atoms with van der Waals surface area (Å²) in [5.41, 5.74) is 3.80. The van der Waals surface area contributed by atoms with Crippen LogP contribution in [-0.2, 0) is 0 Å². The van der Waals surface area contributed by atoms with Crippen molar-refractivity contribution in [2.45, 2.75) is 17.0 Å². The van der Waals surface area contributed by atoms with Crippen molar-refractivity contribution in [1.82, 2.24) is 5.43 Å². The molecule has 0 aromatic heterocycles. The van der Waals surface area contributed by atoms with Crippen LogP contribution in [0.1, 0.15) is 11.6 Å². The Bertz CT molecular complexity index is 608. The molecule has 0 saturated heterocycles. The highest BCUT2D eigenvalue weighted by atomic mass is 35.5. The predicted molar refractivity (Wildman–Crippen MR) is 83.1 cm³/mol. The molecule has 3 nitrogen and oxygen atoms in total. The maximum Gasteiger partial charge on any atom is 0.133 e. The zero-order valence-electron chi connectivity index (χ0n) is 10.8. The largest absolute Gasteiger partial charge is 0.486 e. The molecule has 3 N–H and O–H groups in total. The van der Waals surface area contributed by atoms with E-state index in [0.717, 1.165) is 17.1 Å². The summed E-state index contributed by atoms with van der Waals surface area (Å²) in [5, 5.41) is 0.697. The molecule has 2 unspecified atom stereocenters. The SMILES string of the molecule is NNC(c1ccccc1Cl)C1CSc2ccccc2O1. The van der Waals surface area contributed by atoms with Crippen LogP contribution in [0.5, 0.6) is 5.75 Å². The maximum atomic E-state index is 6.26. The highest BCUT2D eigenvalue weighted by Gasteiger charge is 2.29. The lowest BCUT2D eigenvalue weighted by atomic mass is 10.0. The molecule has 1 aliphatic rings. The van der Waals surface area contributed by atoms with Gasteiger partial charge in [-0.3, -0.25) is 5.84 Å². The number of hydrogen-bond donors (Lipinski definition) is 2. The van der Waals surface area contributed by atoms with Gasteiger partial charge in [-0.2, -0.15) is 0 Å². The van der Waals surface area contributed by atoms with Crippen LogP contribution in [-0.4, -0.2) is 11.9 Å². The van der Waals surface area contributed by atoms with E-state index in [1.54, 1.807) is 11.8 Å². The average molecular weight is 307 g/mol. The summed E-state index contributed by atoms with van der Waals surface area (Å²) in [4.78, 5) is 1.17. The molecule has 0 radical (unpaired) electrons. The van der Waals surface area contributed by atoms with E-state index in [9.17, 15) is 0 Å². The average Bonchev–Trinajstić information content (AvgIpc) is 2.50. The molecule has 5 heteroatoms. The fraction of sp³-hybridized carbons (Fsp3) is 0.200. The minimum Gasteiger partial charge on any atom is -0.486 e. The molecule has 1 aliphatic heterocycles. The second-order valence-electron chi connectivity index (χ2n) is 4.58. The van der Waals surface area contributed by atoms with Gasteiger partial charge in [0, 0.05) is 15.7 Å². The summed E-state index contributed by atoms with van der Waals surface area (Å²) in [6, 6.07) is 15.6. The molecular weight excluding hydrogens is 292 g/mol. The first-order valence-electron chi connectivity index (χ1n) is 6.38. The zero-order valence-corrected chi connectivity index (χ0v) is 12.3. The second kappa shape index (κ2) is 6.06. The highest BCUT2D eigenvalue weighted by Crippen LogP contribution is 2.39. The van der Waals surface area contributed by atoms with Gasteiger partial charge in [0.1, 0.15) is 11.9 Å². The number of thioether (sulfide) groups is 1. The number of nitrogens with two attached hydrogens (primary N) is 1. The zero-order chi connectivity index (χ0) is 13.9. The summed E-state index contributed by atoms with van der Waals surface area (Å²) < 4.78 is 6.07. The third-order valence-electron chi connectivity index (χ3n) is 3.32. The lowest BCUT2D eigenvalue weighted by Gasteiger charge is -2.32. The first-order chi connectivity index (χ1) is 9.79. The summed E-state index contributed by atoms with van der Waals surface area (Å²) in [5.74, 6) is 7.46. The molecule has 20 heavy (non-hydrogen) atoms. The van der Waals surface area contributed by atoms with Gasteiger partial charge in [0.2, 0.25) is 0 Å². The molecule has 0 saturated carbocycles. The van der Waals surface area contributed by atoms with Gasteiger partial charge in [-0.25, -0.2) is 5.43 Å². The van der Waals surface area contributed by atoms with Crippen LogP contribution in [0, 0.1) is 0 Å². The Morgan fingerprint density at radius 2 is 1.95 bits per heavy atom. The lowest BCUT2D eigenvalue weighted by Crippen LogP contribution is -2.42. The van der Waals surface area contributed by atoms with E-state index in [0.29, 0.717) is 5.02 Å². The Balaban J connectivity index is 1.87. The molecule has 1 heterocycles. The standard InChI is InChI=1S/C15H15ClN2OS/c16-11-6-2-1-5-10(11)15(18-17)13-9-20-14-8-4-3-7-12(14)19-13/h1-8,13,15,18H,9,17H2. The fourth-order valence-electron chi connectivity index (χ4n) is 2.32. The van der Waals surface area contributed by atoms with Gasteiger partial charge in [0.05, 0.1) is 6.04 Å². The number of hydrogen-bond acceptors (Lipinski definition) is 4. The van der Waals surface area contributed by atoms with Gasteiger partial charge in [-0.1, -0.05) is 41.9 Å². The summed E-state index contributed by atoms with van der Waals surface area (Å²) in [7, 11) is 0. The van der Waals surface area contributed by atoms with E-state index in [1.165, 1.54) is 4.90 Å². The first kappa shape index (κ1) is 13.8. The molecule has 0 aliphatic carbocycles. The van der Waals surface area contributed by atoms with Gasteiger partial charge in [0.15, 0.2) is 0 Å². The molecule has 0 fully saturated rings. The molecule has 3 rings (SSSR count). The Morgan fingerprint density at radius 1 is 1.20 bits per heavy atom. The molecule has 0 spiro atoms. The highest BCUT2D eigenvalue weighted by molar-refractivity contribution is 7.99. The first-order valence-corrected chi connectivity index (χ1v) is 7.75. The van der Waals surface area contributed by atoms with Crippen LogP contribution in [0.2, 0.25) is 5.02 Å². The molecular formula is C15H15ClN2OS. The number of fused-ring (bicyclic) bond motifs is 1. The Labute approximate surface area is 127 Å². The van der Waals surface area contributed by atoms with E-state index in [-0.39, 0.29) is 12.1 Å². The Morgan fingerprint density at radius 3 is 2.75 bits per heavy atom. The van der Waals surface area contributed by atoms with E-state index in [4.69, 9.17) is 22.2 Å². The number of ether oxygens (including phenoxy) is 1. The summed E-state index contributed by atoms with van der Waals surface area (Å²) >= 11 is 8.04. The van der Waals surface area contributed by atoms with Gasteiger partial charge >= 0.3 is 0 Å². The smallest absolute Gasteiger partial charge is 0.133 e. The minimum atomic E-state index is -0.135. The topological polar surface area (TPSA) is 47.3 Å². The van der Waals surface area contributed by atoms with Crippen molar-refractivity contribution in [3.63, 3.8) is 0 Å². The van der Waals surface area contributed by atoms with Gasteiger partial charge < -0.3 is 4.74 Å². The number of para-hydroxylation sites is 1. The Kier molecular flexibility index (Phi) is 4.17. The van der Waals surface area contributed by atoms with Crippen LogP contribution in [0.4, 0.5) is 0 Å². The number of halogens is 1. The third kappa shape index (κ3) is 2.65. The normalized spacial score (nSPS) is 19.0. The van der Waals surface area contributed by atoms with Crippen molar-refractivity contribution in [2.24, 2.45) is 5.84 Å². The third-order valence-corrected chi connectivity index (χ3v) is 4.81. The van der Waals surface area contributed by atoms with Crippen LogP contribution < -0.4 is 16.0 Å². The summed E-state index contributed by atoms with van der Waals surface area (Å²) in [6.07, 6.45) is -0.0557. The van der Waals surface area contributed by atoms with E-state index in [1.807, 2.05) is 42.5 Å². The van der Waals surface area contributed by atoms with Crippen molar-refractivity contribution in [2.75, 3.05) is 5.75 Å². The molecule has 0 bridgehead atoms. The monoisotopic (exact) mass is 306 g/mol. The van der Waals surface area contributed by atoms with E-state index in [2.05, 4.69) is 11.5 Å². The van der Waals surface area contributed by atoms with Crippen molar-refractivity contribution >= 4 is 23.4 Å². The Hall–Kier alpha value is -1.20. The fourth-order valence-corrected chi connectivity index (χ4v) is 3.62. The van der Waals surface area contributed by atoms with Crippen molar-refractivity contribution in [1.29, 1.82) is 0 Å². The molecule has 2 atom stereocenters. The molecule has 2 aromatic carbocycles. The van der Waals surface area contributed by atoms with E-state index < -0.39 is 0 Å². The number of rotatable bonds is 3. The van der Waals surface area contributed by atoms with E-state index >= 15 is 0 Å². The van der Waals surface area contributed by atoms with Gasteiger partial charge in [-0.15, -0.1) is 11.8 Å².